The van der Waals surface area contributed by atoms with Gasteiger partial charge in [-0.15, -0.1) is 0 Å². The Bertz CT molecular complexity index is 215. The van der Waals surface area contributed by atoms with Gasteiger partial charge in [-0.25, -0.2) is 0 Å². The Morgan fingerprint density at radius 2 is 2.07 bits per heavy atom. The van der Waals surface area contributed by atoms with Crippen LogP contribution < -0.4 is 0 Å². The van der Waals surface area contributed by atoms with Crippen LogP contribution in [0, 0.1) is 0 Å². The summed E-state index contributed by atoms with van der Waals surface area (Å²) in [7, 11) is 1.36. The van der Waals surface area contributed by atoms with Crippen LogP contribution in [0.25, 0.3) is 0 Å². The summed E-state index contributed by atoms with van der Waals surface area (Å²) in [6.07, 6.45) is -1.90. The molecular weight excluding hydrogens is 188 g/mol. The zero-order valence-electron chi connectivity index (χ0n) is 8.25. The lowest BCUT2D eigenvalue weighted by atomic mass is 10.1. The van der Waals surface area contributed by atoms with Gasteiger partial charge in [0, 0.05) is 7.11 Å². The van der Waals surface area contributed by atoms with Crippen LogP contribution in [0.2, 0.25) is 0 Å². The molecule has 0 amide bonds. The van der Waals surface area contributed by atoms with E-state index in [2.05, 4.69) is 0 Å². The minimum atomic E-state index is -1.15. The molecule has 3 N–H and O–H groups in total. The van der Waals surface area contributed by atoms with Crippen LogP contribution in [-0.4, -0.2) is 47.0 Å². The second kappa shape index (κ2) is 4.75. The van der Waals surface area contributed by atoms with E-state index in [4.69, 9.17) is 9.47 Å². The Balaban J connectivity index is 2.69. The van der Waals surface area contributed by atoms with Gasteiger partial charge in [0.1, 0.15) is 24.1 Å². The lowest BCUT2D eigenvalue weighted by Crippen LogP contribution is -2.33. The largest absolute Gasteiger partial charge is 0.510 e. The van der Waals surface area contributed by atoms with Crippen molar-refractivity contribution < 1.29 is 24.8 Å². The lowest BCUT2D eigenvalue weighted by Gasteiger charge is -2.12. The first-order valence-electron chi connectivity index (χ1n) is 4.55. The minimum Gasteiger partial charge on any atom is -0.510 e. The molecule has 1 saturated heterocycles. The molecule has 5 nitrogen and oxygen atoms in total. The predicted molar refractivity (Wildman–Crippen MR) is 48.7 cm³/mol. The third-order valence-electron chi connectivity index (χ3n) is 2.16. The van der Waals surface area contributed by atoms with Crippen LogP contribution in [0.1, 0.15) is 13.3 Å². The van der Waals surface area contributed by atoms with Crippen LogP contribution in [0.4, 0.5) is 0 Å². The molecule has 14 heavy (non-hydrogen) atoms. The second-order valence-corrected chi connectivity index (χ2v) is 3.18. The minimum absolute atomic E-state index is 0.0707. The van der Waals surface area contributed by atoms with Gasteiger partial charge in [-0.2, -0.15) is 0 Å². The van der Waals surface area contributed by atoms with Crippen molar-refractivity contribution in [2.45, 2.75) is 37.9 Å². The summed E-state index contributed by atoms with van der Waals surface area (Å²) in [6, 6.07) is 0. The molecule has 0 bridgehead atoms. The number of rotatable bonds is 3. The standard InChI is InChI=1S/C9H16O5/c1-3-4-5(10)8-6(11)7(12)9(13-2)14-8/h4,6-12H,3H2,1-2H3/t6-,7+,8+,9+/m0/s1. The molecule has 4 atom stereocenters. The fraction of sp³-hybridized carbons (Fsp3) is 0.778. The molecule has 0 aromatic rings. The molecule has 5 heteroatoms. The number of allylic oxidation sites excluding steroid dienone is 1. The summed E-state index contributed by atoms with van der Waals surface area (Å²) < 4.78 is 9.89. The monoisotopic (exact) mass is 204 g/mol. The third-order valence-corrected chi connectivity index (χ3v) is 2.16. The van der Waals surface area contributed by atoms with Gasteiger partial charge in [0.15, 0.2) is 6.29 Å². The number of aliphatic hydroxyl groups is 3. The Labute approximate surface area is 82.6 Å². The zero-order chi connectivity index (χ0) is 10.7. The highest BCUT2D eigenvalue weighted by Crippen LogP contribution is 2.25. The SMILES string of the molecule is CCC=C(O)[C@H]1O[C@@H](OC)[C@H](O)[C@@H]1O. The molecule has 82 valence electrons. The van der Waals surface area contributed by atoms with E-state index < -0.39 is 24.6 Å². The second-order valence-electron chi connectivity index (χ2n) is 3.18. The average molecular weight is 204 g/mol. The van der Waals surface area contributed by atoms with Crippen molar-refractivity contribution in [1.82, 2.24) is 0 Å². The van der Waals surface area contributed by atoms with Crippen LogP contribution in [0.3, 0.4) is 0 Å². The van der Waals surface area contributed by atoms with Gasteiger partial charge in [0.25, 0.3) is 0 Å². The molecule has 0 aromatic heterocycles. The molecule has 1 heterocycles. The quantitative estimate of drug-likeness (QED) is 0.561. The molecule has 0 aliphatic carbocycles. The molecule has 1 aliphatic rings. The zero-order valence-corrected chi connectivity index (χ0v) is 8.25. The molecule has 0 spiro atoms. The molecular formula is C9H16O5. The highest BCUT2D eigenvalue weighted by atomic mass is 16.7. The summed E-state index contributed by atoms with van der Waals surface area (Å²) in [5.74, 6) is -0.0707. The fourth-order valence-corrected chi connectivity index (χ4v) is 1.41. The number of hydrogen-bond acceptors (Lipinski definition) is 5. The van der Waals surface area contributed by atoms with Crippen molar-refractivity contribution in [2.24, 2.45) is 0 Å². The van der Waals surface area contributed by atoms with E-state index in [1.807, 2.05) is 6.92 Å². The highest BCUT2D eigenvalue weighted by molar-refractivity contribution is 5.06. The van der Waals surface area contributed by atoms with Gasteiger partial charge in [-0.3, -0.25) is 0 Å². The van der Waals surface area contributed by atoms with Crippen molar-refractivity contribution in [2.75, 3.05) is 7.11 Å². The van der Waals surface area contributed by atoms with Crippen LogP contribution in [0.15, 0.2) is 11.8 Å². The first-order valence-corrected chi connectivity index (χ1v) is 4.55. The van der Waals surface area contributed by atoms with Gasteiger partial charge in [0.2, 0.25) is 0 Å². The Hall–Kier alpha value is -0.620. The molecule has 1 fully saturated rings. The maximum absolute atomic E-state index is 9.50. The summed E-state index contributed by atoms with van der Waals surface area (Å²) in [5, 5.41) is 28.4. The Morgan fingerprint density at radius 3 is 2.50 bits per heavy atom. The van der Waals surface area contributed by atoms with Crippen LogP contribution in [0.5, 0.6) is 0 Å². The van der Waals surface area contributed by atoms with E-state index in [0.29, 0.717) is 6.42 Å². The number of aliphatic hydroxyl groups excluding tert-OH is 3. The molecule has 1 rings (SSSR count). The number of methoxy groups -OCH3 is 1. The molecule has 0 unspecified atom stereocenters. The van der Waals surface area contributed by atoms with Crippen LogP contribution >= 0.6 is 0 Å². The van der Waals surface area contributed by atoms with E-state index in [9.17, 15) is 15.3 Å². The van der Waals surface area contributed by atoms with E-state index in [-0.39, 0.29) is 5.76 Å². The van der Waals surface area contributed by atoms with Crippen molar-refractivity contribution in [3.63, 3.8) is 0 Å². The van der Waals surface area contributed by atoms with Gasteiger partial charge in [-0.05, 0) is 12.5 Å². The van der Waals surface area contributed by atoms with Crippen LogP contribution in [-0.2, 0) is 9.47 Å². The highest BCUT2D eigenvalue weighted by Gasteiger charge is 2.44. The maximum Gasteiger partial charge on any atom is 0.186 e. The summed E-state index contributed by atoms with van der Waals surface area (Å²) in [6.45, 7) is 1.85. The molecule has 1 aliphatic heterocycles. The summed E-state index contributed by atoms with van der Waals surface area (Å²) in [5.41, 5.74) is 0. The van der Waals surface area contributed by atoms with Gasteiger partial charge in [-0.1, -0.05) is 6.92 Å². The van der Waals surface area contributed by atoms with Crippen molar-refractivity contribution in [3.05, 3.63) is 11.8 Å². The number of hydrogen-bond donors (Lipinski definition) is 3. The van der Waals surface area contributed by atoms with Gasteiger partial charge in [0.05, 0.1) is 0 Å². The van der Waals surface area contributed by atoms with E-state index in [1.165, 1.54) is 13.2 Å². The predicted octanol–water partition coefficient (Wildman–Crippen LogP) is -0.0686. The lowest BCUT2D eigenvalue weighted by molar-refractivity contribution is -0.147. The Morgan fingerprint density at radius 1 is 1.43 bits per heavy atom. The molecule has 0 radical (unpaired) electrons. The van der Waals surface area contributed by atoms with Crippen molar-refractivity contribution in [3.8, 4) is 0 Å². The van der Waals surface area contributed by atoms with E-state index in [1.54, 1.807) is 0 Å². The molecule has 0 saturated carbocycles. The first-order chi connectivity index (χ1) is 6.61. The maximum atomic E-state index is 9.50. The van der Waals surface area contributed by atoms with E-state index in [0.717, 1.165) is 0 Å². The topological polar surface area (TPSA) is 79.2 Å². The Kier molecular flexibility index (Phi) is 3.88. The van der Waals surface area contributed by atoms with Gasteiger partial charge >= 0.3 is 0 Å². The number of ether oxygens (including phenoxy) is 2. The third kappa shape index (κ3) is 2.06. The summed E-state index contributed by atoms with van der Waals surface area (Å²) >= 11 is 0. The first kappa shape index (κ1) is 11.5. The average Bonchev–Trinajstić information content (AvgIpc) is 2.44. The van der Waals surface area contributed by atoms with E-state index >= 15 is 0 Å². The van der Waals surface area contributed by atoms with Gasteiger partial charge < -0.3 is 24.8 Å². The van der Waals surface area contributed by atoms with Crippen molar-refractivity contribution in [1.29, 1.82) is 0 Å². The normalized spacial score (nSPS) is 39.0. The van der Waals surface area contributed by atoms with Crippen molar-refractivity contribution >= 4 is 0 Å². The smallest absolute Gasteiger partial charge is 0.186 e. The molecule has 0 aromatic carbocycles. The fourth-order valence-electron chi connectivity index (χ4n) is 1.41. The summed E-state index contributed by atoms with van der Waals surface area (Å²) in [4.78, 5) is 0.